The van der Waals surface area contributed by atoms with Crippen LogP contribution in [0.4, 0.5) is 5.69 Å². The SMILES string of the molecule is CCOc1cc(C=NNC(=O)c2cccnc2Cl)c(Br)cc1OCC(=O)Nc1ccccc1. The third-order valence-electron chi connectivity index (χ3n) is 4.15. The molecule has 0 saturated carbocycles. The summed E-state index contributed by atoms with van der Waals surface area (Å²) in [5, 5.41) is 6.81. The molecule has 0 saturated heterocycles. The lowest BCUT2D eigenvalue weighted by Crippen LogP contribution is -2.20. The number of carbonyl (C=O) groups is 2. The van der Waals surface area contributed by atoms with E-state index in [4.69, 9.17) is 21.1 Å². The molecule has 0 fully saturated rings. The number of nitrogens with one attached hydrogen (secondary N) is 2. The Morgan fingerprint density at radius 1 is 1.12 bits per heavy atom. The molecule has 33 heavy (non-hydrogen) atoms. The summed E-state index contributed by atoms with van der Waals surface area (Å²) in [5.74, 6) is 0.0172. The molecule has 8 nitrogen and oxygen atoms in total. The molecule has 1 heterocycles. The van der Waals surface area contributed by atoms with Crippen molar-refractivity contribution in [3.8, 4) is 11.5 Å². The Hall–Kier alpha value is -3.43. The fourth-order valence-electron chi connectivity index (χ4n) is 2.67. The Kier molecular flexibility index (Phi) is 8.79. The molecular formula is C23H20BrClN4O4. The summed E-state index contributed by atoms with van der Waals surface area (Å²) < 4.78 is 11.9. The third-order valence-corrected chi connectivity index (χ3v) is 5.14. The van der Waals surface area contributed by atoms with Gasteiger partial charge in [0.1, 0.15) is 5.15 Å². The van der Waals surface area contributed by atoms with Gasteiger partial charge in [-0.1, -0.05) is 29.8 Å². The second kappa shape index (κ2) is 12.0. The molecule has 10 heteroatoms. The van der Waals surface area contributed by atoms with Crippen molar-refractivity contribution >= 4 is 51.2 Å². The number of amides is 2. The lowest BCUT2D eigenvalue weighted by atomic mass is 10.2. The molecule has 2 aromatic carbocycles. The number of hydrazone groups is 1. The van der Waals surface area contributed by atoms with Gasteiger partial charge in [-0.05, 0) is 59.3 Å². The monoisotopic (exact) mass is 530 g/mol. The molecule has 1 aromatic heterocycles. The minimum atomic E-state index is -0.491. The first-order chi connectivity index (χ1) is 16.0. The van der Waals surface area contributed by atoms with Crippen molar-refractivity contribution in [1.29, 1.82) is 0 Å². The minimum Gasteiger partial charge on any atom is -0.490 e. The van der Waals surface area contributed by atoms with Crippen LogP contribution in [0.25, 0.3) is 0 Å². The maximum Gasteiger partial charge on any atom is 0.274 e. The largest absolute Gasteiger partial charge is 0.490 e. The van der Waals surface area contributed by atoms with E-state index >= 15 is 0 Å². The van der Waals surface area contributed by atoms with Crippen molar-refractivity contribution in [3.63, 3.8) is 0 Å². The zero-order valence-corrected chi connectivity index (χ0v) is 19.9. The Morgan fingerprint density at radius 2 is 1.88 bits per heavy atom. The van der Waals surface area contributed by atoms with E-state index in [9.17, 15) is 9.59 Å². The molecule has 0 bridgehead atoms. The Labute approximate surface area is 204 Å². The smallest absolute Gasteiger partial charge is 0.274 e. The zero-order valence-electron chi connectivity index (χ0n) is 17.5. The summed E-state index contributed by atoms with van der Waals surface area (Å²) >= 11 is 9.37. The molecule has 3 aromatic rings. The third kappa shape index (κ3) is 7.03. The fourth-order valence-corrected chi connectivity index (χ4v) is 3.30. The average Bonchev–Trinajstić information content (AvgIpc) is 2.81. The summed E-state index contributed by atoms with van der Waals surface area (Å²) in [5.41, 5.74) is 3.92. The minimum absolute atomic E-state index is 0.0859. The highest BCUT2D eigenvalue weighted by atomic mass is 79.9. The van der Waals surface area contributed by atoms with E-state index in [2.05, 4.69) is 36.8 Å². The van der Waals surface area contributed by atoms with Gasteiger partial charge in [0.05, 0.1) is 18.4 Å². The molecule has 170 valence electrons. The van der Waals surface area contributed by atoms with Crippen molar-refractivity contribution in [1.82, 2.24) is 10.4 Å². The first-order valence-electron chi connectivity index (χ1n) is 9.86. The number of pyridine rings is 1. The number of halogens is 2. The van der Waals surface area contributed by atoms with Crippen LogP contribution in [0.2, 0.25) is 5.15 Å². The summed E-state index contributed by atoms with van der Waals surface area (Å²) in [6, 6.07) is 15.6. The predicted molar refractivity (Wildman–Crippen MR) is 130 cm³/mol. The molecule has 3 rings (SSSR count). The summed E-state index contributed by atoms with van der Waals surface area (Å²) in [7, 11) is 0. The lowest BCUT2D eigenvalue weighted by molar-refractivity contribution is -0.118. The van der Waals surface area contributed by atoms with E-state index in [1.165, 1.54) is 12.4 Å². The van der Waals surface area contributed by atoms with Crippen LogP contribution in [-0.2, 0) is 4.79 Å². The molecule has 2 N–H and O–H groups in total. The number of ether oxygens (including phenoxy) is 2. The van der Waals surface area contributed by atoms with E-state index in [1.807, 2.05) is 25.1 Å². The number of carbonyl (C=O) groups excluding carboxylic acids is 2. The normalized spacial score (nSPS) is 10.6. The lowest BCUT2D eigenvalue weighted by Gasteiger charge is -2.14. The first kappa shape index (κ1) is 24.2. The van der Waals surface area contributed by atoms with Gasteiger partial charge in [-0.15, -0.1) is 0 Å². The van der Waals surface area contributed by atoms with E-state index in [0.29, 0.717) is 33.8 Å². The molecule has 0 aliphatic rings. The number of nitrogens with zero attached hydrogens (tertiary/aromatic N) is 2. The highest BCUT2D eigenvalue weighted by molar-refractivity contribution is 9.10. The van der Waals surface area contributed by atoms with Crippen LogP contribution in [0.3, 0.4) is 0 Å². The van der Waals surface area contributed by atoms with Crippen molar-refractivity contribution < 1.29 is 19.1 Å². The summed E-state index contributed by atoms with van der Waals surface area (Å²) in [6.45, 7) is 2.03. The zero-order chi connectivity index (χ0) is 23.6. The molecule has 0 unspecified atom stereocenters. The molecule has 0 spiro atoms. The summed E-state index contributed by atoms with van der Waals surface area (Å²) in [6.07, 6.45) is 2.93. The number of benzene rings is 2. The van der Waals surface area contributed by atoms with Crippen LogP contribution in [0.15, 0.2) is 70.4 Å². The molecule has 0 aliphatic heterocycles. The van der Waals surface area contributed by atoms with Crippen LogP contribution < -0.4 is 20.2 Å². The number of hydrogen-bond donors (Lipinski definition) is 2. The molecule has 0 atom stereocenters. The van der Waals surface area contributed by atoms with Gasteiger partial charge in [0, 0.05) is 21.9 Å². The topological polar surface area (TPSA) is 102 Å². The van der Waals surface area contributed by atoms with Crippen LogP contribution in [-0.4, -0.2) is 36.2 Å². The number of anilines is 1. The van der Waals surface area contributed by atoms with E-state index in [1.54, 1.807) is 36.4 Å². The Balaban J connectivity index is 1.67. The quantitative estimate of drug-likeness (QED) is 0.237. The van der Waals surface area contributed by atoms with Crippen LogP contribution in [0.5, 0.6) is 11.5 Å². The van der Waals surface area contributed by atoms with Crippen molar-refractivity contribution in [2.75, 3.05) is 18.5 Å². The van der Waals surface area contributed by atoms with Gasteiger partial charge in [-0.25, -0.2) is 10.4 Å². The molecular weight excluding hydrogens is 512 g/mol. The van der Waals surface area contributed by atoms with Crippen molar-refractivity contribution in [3.05, 3.63) is 81.5 Å². The number of aromatic nitrogens is 1. The van der Waals surface area contributed by atoms with Crippen LogP contribution >= 0.6 is 27.5 Å². The molecule has 2 amide bonds. The number of hydrogen-bond acceptors (Lipinski definition) is 6. The van der Waals surface area contributed by atoms with Gasteiger partial charge in [-0.3, -0.25) is 9.59 Å². The second-order valence-electron chi connectivity index (χ2n) is 6.50. The maximum atomic E-state index is 12.2. The van der Waals surface area contributed by atoms with E-state index < -0.39 is 5.91 Å². The van der Waals surface area contributed by atoms with Crippen LogP contribution in [0.1, 0.15) is 22.8 Å². The van der Waals surface area contributed by atoms with Gasteiger partial charge in [0.15, 0.2) is 18.1 Å². The van der Waals surface area contributed by atoms with E-state index in [0.717, 1.165) is 0 Å². The van der Waals surface area contributed by atoms with Gasteiger partial charge < -0.3 is 14.8 Å². The van der Waals surface area contributed by atoms with Crippen molar-refractivity contribution in [2.24, 2.45) is 5.10 Å². The van der Waals surface area contributed by atoms with Crippen molar-refractivity contribution in [2.45, 2.75) is 6.92 Å². The molecule has 0 aliphatic carbocycles. The number of para-hydroxylation sites is 1. The maximum absolute atomic E-state index is 12.2. The highest BCUT2D eigenvalue weighted by Gasteiger charge is 2.13. The van der Waals surface area contributed by atoms with Gasteiger partial charge in [-0.2, -0.15) is 5.10 Å². The standard InChI is InChI=1S/C23H20BrClN4O4/c1-2-32-19-11-15(13-27-29-23(31)17-9-6-10-26-22(17)25)18(24)12-20(19)33-14-21(30)28-16-7-4-3-5-8-16/h3-13H,2,14H2,1H3,(H,28,30)(H,29,31). The highest BCUT2D eigenvalue weighted by Crippen LogP contribution is 2.33. The van der Waals surface area contributed by atoms with E-state index in [-0.39, 0.29) is 23.2 Å². The van der Waals surface area contributed by atoms with Gasteiger partial charge >= 0.3 is 0 Å². The first-order valence-corrected chi connectivity index (χ1v) is 11.0. The van der Waals surface area contributed by atoms with Gasteiger partial charge in [0.2, 0.25) is 0 Å². The predicted octanol–water partition coefficient (Wildman–Crippen LogP) is 4.68. The second-order valence-corrected chi connectivity index (χ2v) is 7.71. The summed E-state index contributed by atoms with van der Waals surface area (Å²) in [4.78, 5) is 28.3. The average molecular weight is 532 g/mol. The Morgan fingerprint density at radius 3 is 2.61 bits per heavy atom. The molecule has 0 radical (unpaired) electrons. The van der Waals surface area contributed by atoms with Crippen LogP contribution in [0, 0.1) is 0 Å². The Bertz CT molecular complexity index is 1160. The fraction of sp³-hybridized carbons (Fsp3) is 0.130. The number of rotatable bonds is 9. The van der Waals surface area contributed by atoms with Gasteiger partial charge in [0.25, 0.3) is 11.8 Å².